The summed E-state index contributed by atoms with van der Waals surface area (Å²) in [6.07, 6.45) is 16.1. The van der Waals surface area contributed by atoms with Gasteiger partial charge in [-0.1, -0.05) is 52.4 Å². The van der Waals surface area contributed by atoms with Crippen LogP contribution in [0.5, 0.6) is 0 Å². The molecule has 0 spiro atoms. The van der Waals surface area contributed by atoms with Crippen molar-refractivity contribution in [3.05, 3.63) is 0 Å². The summed E-state index contributed by atoms with van der Waals surface area (Å²) in [6, 6.07) is 0.862. The Morgan fingerprint density at radius 3 is 2.11 bits per heavy atom. The van der Waals surface area contributed by atoms with E-state index in [2.05, 4.69) is 19.2 Å². The van der Waals surface area contributed by atoms with Gasteiger partial charge in [0, 0.05) is 6.04 Å². The molecular formula is C18H35N. The third-order valence-corrected chi connectivity index (χ3v) is 5.65. The first kappa shape index (κ1) is 15.4. The quantitative estimate of drug-likeness (QED) is 0.640. The first-order valence-corrected chi connectivity index (χ1v) is 9.08. The van der Waals surface area contributed by atoms with E-state index in [1.54, 1.807) is 0 Å². The second kappa shape index (κ2) is 8.29. The maximum Gasteiger partial charge on any atom is 0.0124 e. The normalized spacial score (nSPS) is 30.0. The van der Waals surface area contributed by atoms with Crippen molar-refractivity contribution in [3.63, 3.8) is 0 Å². The molecule has 2 saturated carbocycles. The highest BCUT2D eigenvalue weighted by Crippen LogP contribution is 2.40. The predicted molar refractivity (Wildman–Crippen MR) is 84.4 cm³/mol. The summed E-state index contributed by atoms with van der Waals surface area (Å²) in [5.74, 6) is 3.07. The average Bonchev–Trinajstić information content (AvgIpc) is 2.39. The Hall–Kier alpha value is -0.0400. The zero-order chi connectivity index (χ0) is 13.5. The molecule has 1 unspecified atom stereocenters. The van der Waals surface area contributed by atoms with Crippen LogP contribution in [0, 0.1) is 17.8 Å². The monoisotopic (exact) mass is 265 g/mol. The zero-order valence-electron chi connectivity index (χ0n) is 13.3. The lowest BCUT2D eigenvalue weighted by Crippen LogP contribution is -2.46. The van der Waals surface area contributed by atoms with Crippen molar-refractivity contribution in [3.8, 4) is 0 Å². The summed E-state index contributed by atoms with van der Waals surface area (Å²) in [5.41, 5.74) is 0. The predicted octanol–water partition coefficient (Wildman–Crippen LogP) is 5.15. The molecule has 0 saturated heterocycles. The van der Waals surface area contributed by atoms with E-state index in [1.807, 2.05) is 0 Å². The van der Waals surface area contributed by atoms with Gasteiger partial charge in [0.25, 0.3) is 0 Å². The number of rotatable bonds is 8. The second-order valence-electron chi connectivity index (χ2n) is 7.09. The van der Waals surface area contributed by atoms with Crippen LogP contribution in [-0.2, 0) is 0 Å². The highest BCUT2D eigenvalue weighted by Gasteiger charge is 2.34. The van der Waals surface area contributed by atoms with Crippen LogP contribution in [0.4, 0.5) is 0 Å². The Morgan fingerprint density at radius 2 is 1.58 bits per heavy atom. The van der Waals surface area contributed by atoms with Crippen LogP contribution in [0.2, 0.25) is 0 Å². The lowest BCUT2D eigenvalue weighted by atomic mass is 9.69. The van der Waals surface area contributed by atoms with Crippen LogP contribution < -0.4 is 5.32 Å². The Bertz CT molecular complexity index is 226. The largest absolute Gasteiger partial charge is 0.313 e. The molecule has 0 bridgehead atoms. The second-order valence-corrected chi connectivity index (χ2v) is 7.09. The van der Waals surface area contributed by atoms with Crippen LogP contribution >= 0.6 is 0 Å². The van der Waals surface area contributed by atoms with E-state index in [1.165, 1.54) is 77.2 Å². The van der Waals surface area contributed by atoms with Gasteiger partial charge in [0.1, 0.15) is 0 Å². The van der Waals surface area contributed by atoms with Crippen LogP contribution in [0.1, 0.15) is 84.5 Å². The van der Waals surface area contributed by atoms with E-state index in [4.69, 9.17) is 0 Å². The first-order chi connectivity index (χ1) is 9.35. The van der Waals surface area contributed by atoms with E-state index >= 15 is 0 Å². The highest BCUT2D eigenvalue weighted by molar-refractivity contribution is 4.90. The third kappa shape index (κ3) is 4.48. The zero-order valence-corrected chi connectivity index (χ0v) is 13.3. The van der Waals surface area contributed by atoms with E-state index < -0.39 is 0 Å². The number of hydrogen-bond acceptors (Lipinski definition) is 1. The van der Waals surface area contributed by atoms with Gasteiger partial charge < -0.3 is 5.32 Å². The topological polar surface area (TPSA) is 12.0 Å². The molecule has 0 heterocycles. The summed E-state index contributed by atoms with van der Waals surface area (Å²) >= 11 is 0. The molecule has 0 aromatic rings. The molecule has 2 rings (SSSR count). The van der Waals surface area contributed by atoms with Gasteiger partial charge in [0.05, 0.1) is 0 Å². The van der Waals surface area contributed by atoms with Crippen molar-refractivity contribution in [1.29, 1.82) is 0 Å². The first-order valence-electron chi connectivity index (χ1n) is 9.08. The molecule has 0 amide bonds. The van der Waals surface area contributed by atoms with Gasteiger partial charge in [0.2, 0.25) is 0 Å². The number of hydrogen-bond donors (Lipinski definition) is 1. The van der Waals surface area contributed by atoms with Gasteiger partial charge in [-0.15, -0.1) is 0 Å². The van der Waals surface area contributed by atoms with Crippen LogP contribution in [0.25, 0.3) is 0 Å². The Kier molecular flexibility index (Phi) is 6.70. The van der Waals surface area contributed by atoms with Crippen LogP contribution in [0.3, 0.4) is 0 Å². The average molecular weight is 265 g/mol. The van der Waals surface area contributed by atoms with E-state index in [-0.39, 0.29) is 0 Å². The van der Waals surface area contributed by atoms with Crippen LogP contribution in [-0.4, -0.2) is 12.6 Å². The lowest BCUT2D eigenvalue weighted by molar-refractivity contribution is 0.129. The van der Waals surface area contributed by atoms with E-state index in [0.29, 0.717) is 0 Å². The van der Waals surface area contributed by atoms with Gasteiger partial charge >= 0.3 is 0 Å². The number of unbranched alkanes of at least 4 members (excludes halogenated alkanes) is 1. The van der Waals surface area contributed by atoms with E-state index in [9.17, 15) is 0 Å². The van der Waals surface area contributed by atoms with Crippen molar-refractivity contribution in [2.24, 2.45) is 17.8 Å². The third-order valence-electron chi connectivity index (χ3n) is 5.65. The van der Waals surface area contributed by atoms with Gasteiger partial charge in [0.15, 0.2) is 0 Å². The molecule has 1 atom stereocenters. The summed E-state index contributed by atoms with van der Waals surface area (Å²) in [7, 11) is 0. The van der Waals surface area contributed by atoms with Crippen LogP contribution in [0.15, 0.2) is 0 Å². The molecule has 2 fully saturated rings. The molecule has 2 aliphatic carbocycles. The molecular weight excluding hydrogens is 230 g/mol. The van der Waals surface area contributed by atoms with Crippen molar-refractivity contribution < 1.29 is 0 Å². The van der Waals surface area contributed by atoms with Crippen molar-refractivity contribution in [2.75, 3.05) is 6.54 Å². The molecule has 0 radical (unpaired) electrons. The maximum atomic E-state index is 3.90. The summed E-state index contributed by atoms with van der Waals surface area (Å²) in [4.78, 5) is 0. The molecule has 1 heteroatoms. The van der Waals surface area contributed by atoms with Gasteiger partial charge in [-0.25, -0.2) is 0 Å². The Labute approximate surface area is 120 Å². The summed E-state index contributed by atoms with van der Waals surface area (Å²) < 4.78 is 0. The van der Waals surface area contributed by atoms with E-state index in [0.717, 1.165) is 23.8 Å². The number of nitrogens with one attached hydrogen (secondary N) is 1. The fourth-order valence-electron chi connectivity index (χ4n) is 4.16. The smallest absolute Gasteiger partial charge is 0.0124 e. The fourth-order valence-corrected chi connectivity index (χ4v) is 4.16. The highest BCUT2D eigenvalue weighted by atomic mass is 14.9. The molecule has 1 nitrogen and oxygen atoms in total. The molecule has 0 aromatic carbocycles. The SMILES string of the molecule is CCCCC1CCC(C(NCCC)C2CCC2)CC1. The standard InChI is InChI=1S/C18H35N/c1-3-5-7-15-10-12-17(13-11-15)18(19-14-4-2)16-8-6-9-16/h15-19H,3-14H2,1-2H3. The molecule has 19 heavy (non-hydrogen) atoms. The summed E-state index contributed by atoms with van der Waals surface area (Å²) in [5, 5.41) is 3.90. The molecule has 0 aliphatic heterocycles. The molecule has 112 valence electrons. The summed E-state index contributed by atoms with van der Waals surface area (Å²) in [6.45, 7) is 5.86. The van der Waals surface area contributed by atoms with Gasteiger partial charge in [-0.3, -0.25) is 0 Å². The maximum absolute atomic E-state index is 3.90. The van der Waals surface area contributed by atoms with Crippen molar-refractivity contribution in [2.45, 2.75) is 90.5 Å². The fraction of sp³-hybridized carbons (Fsp3) is 1.00. The molecule has 2 aliphatic rings. The minimum atomic E-state index is 0.862. The lowest BCUT2D eigenvalue weighted by Gasteiger charge is -2.42. The van der Waals surface area contributed by atoms with Crippen molar-refractivity contribution in [1.82, 2.24) is 5.32 Å². The molecule has 1 N–H and O–H groups in total. The Morgan fingerprint density at radius 1 is 0.895 bits per heavy atom. The Balaban J connectivity index is 1.76. The minimum absolute atomic E-state index is 0.862. The van der Waals surface area contributed by atoms with Gasteiger partial charge in [-0.05, 0) is 56.4 Å². The molecule has 0 aromatic heterocycles. The minimum Gasteiger partial charge on any atom is -0.313 e. The van der Waals surface area contributed by atoms with Gasteiger partial charge in [-0.2, -0.15) is 0 Å². The van der Waals surface area contributed by atoms with Crippen molar-refractivity contribution >= 4 is 0 Å².